The molecule has 0 saturated carbocycles. The van der Waals surface area contributed by atoms with Gasteiger partial charge in [-0.05, 0) is 60.7 Å². The smallest absolute Gasteiger partial charge is 0.434 e. The summed E-state index contributed by atoms with van der Waals surface area (Å²) in [6.45, 7) is 0.260. The number of hydrogen-bond donors (Lipinski definition) is 1. The molecule has 1 saturated heterocycles. The Morgan fingerprint density at radius 2 is 1.82 bits per heavy atom. The number of carboxylic acids is 1. The summed E-state index contributed by atoms with van der Waals surface area (Å²) >= 11 is 0. The summed E-state index contributed by atoms with van der Waals surface area (Å²) in [4.78, 5) is 28.8. The van der Waals surface area contributed by atoms with Crippen LogP contribution in [0.1, 0.15) is 45.9 Å². The van der Waals surface area contributed by atoms with E-state index in [-0.39, 0.29) is 34.3 Å². The van der Waals surface area contributed by atoms with E-state index in [1.165, 1.54) is 54.5 Å². The summed E-state index contributed by atoms with van der Waals surface area (Å²) < 4.78 is 82.2. The van der Waals surface area contributed by atoms with E-state index in [9.17, 15) is 27.9 Å². The zero-order chi connectivity index (χ0) is 31.6. The highest BCUT2D eigenvalue weighted by molar-refractivity contribution is 5.89. The number of carboxylic acid groups (broad SMARTS) is 1. The predicted octanol–water partition coefficient (Wildman–Crippen LogP) is 6.05. The standard InChI is InChI=1S/C30H23F5N4O5/c1-43-29(42)38-11-9-17(10-12-38)18-13-22(31)21(23(32)14-18)16-44-25-7-3-2-5-19(25)24-6-4-8-26(37-24)39-27(30(33,34)35)20(15-36-39)28(40)41/h3-4,6-8,13-15,17H,9-12,16H2,1H3,(H,40,41). The topological polar surface area (TPSA) is 107 Å². The van der Waals surface area contributed by atoms with Crippen LogP contribution in [0, 0.1) is 23.8 Å². The van der Waals surface area contributed by atoms with Gasteiger partial charge in [-0.1, -0.05) is 18.2 Å². The molecule has 0 spiro atoms. The van der Waals surface area contributed by atoms with Crippen molar-refractivity contribution < 1.29 is 46.1 Å². The third kappa shape index (κ3) is 6.12. The molecule has 2 aromatic heterocycles. The molecule has 44 heavy (non-hydrogen) atoms. The number of alkyl halides is 3. The minimum absolute atomic E-state index is 0.0597. The van der Waals surface area contributed by atoms with Crippen molar-refractivity contribution in [1.29, 1.82) is 0 Å². The average molecular weight is 615 g/mol. The number of pyridine rings is 1. The highest BCUT2D eigenvalue weighted by atomic mass is 19.4. The second-order valence-electron chi connectivity index (χ2n) is 9.83. The number of carbonyl (C=O) groups is 2. The molecule has 1 N–H and O–H groups in total. The van der Waals surface area contributed by atoms with Gasteiger partial charge in [0.15, 0.2) is 11.5 Å². The number of ether oxygens (including phenoxy) is 2. The molecule has 4 aromatic rings. The lowest BCUT2D eigenvalue weighted by Gasteiger charge is -2.31. The van der Waals surface area contributed by atoms with Crippen molar-refractivity contribution in [2.24, 2.45) is 0 Å². The number of carbonyl (C=O) groups excluding carboxylic acids is 1. The first-order chi connectivity index (χ1) is 21.0. The van der Waals surface area contributed by atoms with Gasteiger partial charge in [0.1, 0.15) is 29.6 Å². The quantitative estimate of drug-likeness (QED) is 0.253. The van der Waals surface area contributed by atoms with E-state index in [0.29, 0.717) is 42.4 Å². The van der Waals surface area contributed by atoms with Gasteiger partial charge in [-0.3, -0.25) is 0 Å². The third-order valence-electron chi connectivity index (χ3n) is 7.17. The minimum atomic E-state index is -5.05. The van der Waals surface area contributed by atoms with Crippen LogP contribution >= 0.6 is 0 Å². The van der Waals surface area contributed by atoms with Crippen LogP contribution in [0.2, 0.25) is 0 Å². The molecule has 5 rings (SSSR count). The fourth-order valence-electron chi connectivity index (χ4n) is 4.99. The number of aromatic carboxylic acids is 1. The number of hydrogen-bond acceptors (Lipinski definition) is 6. The van der Waals surface area contributed by atoms with E-state index in [4.69, 9.17) is 9.47 Å². The van der Waals surface area contributed by atoms with Crippen molar-refractivity contribution in [3.63, 3.8) is 0 Å². The fourth-order valence-corrected chi connectivity index (χ4v) is 4.99. The van der Waals surface area contributed by atoms with Gasteiger partial charge in [0.05, 0.1) is 30.1 Å². The Kier molecular flexibility index (Phi) is 8.39. The number of nitrogens with zero attached hydrogens (tertiary/aromatic N) is 4. The van der Waals surface area contributed by atoms with Gasteiger partial charge in [0.25, 0.3) is 0 Å². The Hall–Kier alpha value is -5.19. The fraction of sp³-hybridized carbons (Fsp3) is 0.267. The Balaban J connectivity index is 1.37. The maximum absolute atomic E-state index is 15.1. The van der Waals surface area contributed by atoms with Gasteiger partial charge in [-0.2, -0.15) is 18.3 Å². The molecule has 1 fully saturated rings. The van der Waals surface area contributed by atoms with E-state index in [2.05, 4.69) is 22.2 Å². The number of halogens is 5. The zero-order valence-corrected chi connectivity index (χ0v) is 23.0. The summed E-state index contributed by atoms with van der Waals surface area (Å²) in [6, 6.07) is 14.8. The van der Waals surface area contributed by atoms with E-state index < -0.39 is 47.7 Å². The van der Waals surface area contributed by atoms with Gasteiger partial charge in [0, 0.05) is 13.1 Å². The Labute approximate surface area is 247 Å². The van der Waals surface area contributed by atoms with Crippen LogP contribution in [0.25, 0.3) is 17.1 Å². The van der Waals surface area contributed by atoms with Crippen LogP contribution in [-0.2, 0) is 17.5 Å². The summed E-state index contributed by atoms with van der Waals surface area (Å²) in [6.07, 6.45) is -3.90. The first-order valence-electron chi connectivity index (χ1n) is 13.2. The number of likely N-dealkylation sites (tertiary alicyclic amines) is 1. The lowest BCUT2D eigenvalue weighted by molar-refractivity contribution is -0.143. The minimum Gasteiger partial charge on any atom is -0.487 e. The van der Waals surface area contributed by atoms with Crippen molar-refractivity contribution in [3.05, 3.63) is 94.8 Å². The summed E-state index contributed by atoms with van der Waals surface area (Å²) in [5.74, 6) is -3.88. The van der Waals surface area contributed by atoms with Crippen LogP contribution in [0.4, 0.5) is 26.7 Å². The number of amides is 1. The largest absolute Gasteiger partial charge is 0.487 e. The van der Waals surface area contributed by atoms with Crippen molar-refractivity contribution in [2.45, 2.75) is 31.5 Å². The van der Waals surface area contributed by atoms with E-state index >= 15 is 8.78 Å². The Morgan fingerprint density at radius 3 is 2.45 bits per heavy atom. The number of methoxy groups -OCH3 is 1. The normalized spacial score (nSPS) is 13.8. The summed E-state index contributed by atoms with van der Waals surface area (Å²) in [5.41, 5.74) is -2.25. The molecule has 228 valence electrons. The molecule has 0 bridgehead atoms. The molecule has 1 aliphatic rings. The molecule has 0 aliphatic carbocycles. The highest BCUT2D eigenvalue weighted by Crippen LogP contribution is 2.35. The van der Waals surface area contributed by atoms with Crippen molar-refractivity contribution in [3.8, 4) is 22.8 Å². The lowest BCUT2D eigenvalue weighted by atomic mass is 9.89. The first kappa shape index (κ1) is 30.3. The van der Waals surface area contributed by atoms with Crippen LogP contribution in [0.15, 0.2) is 48.7 Å². The van der Waals surface area contributed by atoms with Crippen molar-refractivity contribution in [1.82, 2.24) is 19.7 Å². The Bertz CT molecular complexity index is 1680. The third-order valence-corrected chi connectivity index (χ3v) is 7.17. The number of rotatable bonds is 7. The molecule has 3 heterocycles. The molecule has 14 heteroatoms. The molecule has 2 aromatic carbocycles. The second kappa shape index (κ2) is 12.2. The number of benzene rings is 1. The van der Waals surface area contributed by atoms with E-state index in [1.54, 1.807) is 0 Å². The van der Waals surface area contributed by atoms with Gasteiger partial charge in [-0.15, -0.1) is 0 Å². The molecule has 0 unspecified atom stereocenters. The predicted molar refractivity (Wildman–Crippen MR) is 143 cm³/mol. The molecular weight excluding hydrogens is 591 g/mol. The number of aromatic nitrogens is 3. The maximum Gasteiger partial charge on any atom is 0.434 e. The SMILES string of the molecule is COC(=O)N1CCC(c2cc(F)c(COc3ccc#cc3-c3cccc(-n4ncc(C(=O)O)c4C(F)(F)F)n3)c(F)c2)CC1. The average Bonchev–Trinajstić information content (AvgIpc) is 3.48. The molecular formula is C30H23F5N4O5. The van der Waals surface area contributed by atoms with E-state index in [1.807, 2.05) is 0 Å². The molecule has 1 amide bonds. The molecule has 9 nitrogen and oxygen atoms in total. The lowest BCUT2D eigenvalue weighted by Crippen LogP contribution is -2.37. The zero-order valence-electron chi connectivity index (χ0n) is 23.0. The summed E-state index contributed by atoms with van der Waals surface area (Å²) in [7, 11) is 1.29. The number of piperidine rings is 1. The summed E-state index contributed by atoms with van der Waals surface area (Å²) in [5, 5.41) is 12.8. The van der Waals surface area contributed by atoms with E-state index in [0.717, 1.165) is 0 Å². The van der Waals surface area contributed by atoms with Gasteiger partial charge < -0.3 is 19.5 Å². The molecule has 0 radical (unpaired) electrons. The van der Waals surface area contributed by atoms with Gasteiger partial charge in [0.2, 0.25) is 0 Å². The molecule has 1 aliphatic heterocycles. The van der Waals surface area contributed by atoms with Crippen LogP contribution < -0.4 is 4.74 Å². The monoisotopic (exact) mass is 614 g/mol. The highest BCUT2D eigenvalue weighted by Gasteiger charge is 2.41. The molecule has 0 atom stereocenters. The maximum atomic E-state index is 15.1. The second-order valence-corrected chi connectivity index (χ2v) is 9.83. The van der Waals surface area contributed by atoms with Crippen molar-refractivity contribution in [2.75, 3.05) is 20.2 Å². The Morgan fingerprint density at radius 1 is 1.11 bits per heavy atom. The van der Waals surface area contributed by atoms with Crippen LogP contribution in [0.3, 0.4) is 0 Å². The van der Waals surface area contributed by atoms with Gasteiger partial charge in [-0.25, -0.2) is 28.0 Å². The van der Waals surface area contributed by atoms with Crippen molar-refractivity contribution >= 4 is 12.1 Å². The van der Waals surface area contributed by atoms with Gasteiger partial charge >= 0.3 is 18.2 Å². The first-order valence-corrected chi connectivity index (χ1v) is 13.2. The van der Waals surface area contributed by atoms with Crippen LogP contribution in [0.5, 0.6) is 5.75 Å². The van der Waals surface area contributed by atoms with Crippen LogP contribution in [-0.4, -0.2) is 57.0 Å².